The zero-order chi connectivity index (χ0) is 13.9. The normalized spacial score (nSPS) is 19.1. The molecule has 3 nitrogen and oxygen atoms in total. The Kier molecular flexibility index (Phi) is 3.95. The lowest BCUT2D eigenvalue weighted by Crippen LogP contribution is -2.39. The van der Waals surface area contributed by atoms with Crippen LogP contribution in [0.4, 0.5) is 0 Å². The summed E-state index contributed by atoms with van der Waals surface area (Å²) in [5.74, 6) is 0.871. The molecule has 20 heavy (non-hydrogen) atoms. The van der Waals surface area contributed by atoms with Gasteiger partial charge in [-0.15, -0.1) is 0 Å². The number of aryl methyl sites for hydroxylation is 2. The van der Waals surface area contributed by atoms with Gasteiger partial charge in [-0.3, -0.25) is 4.79 Å². The third-order valence-corrected chi connectivity index (χ3v) is 4.19. The monoisotopic (exact) mass is 273 g/mol. The van der Waals surface area contributed by atoms with Crippen LogP contribution in [-0.2, 0) is 17.6 Å². The number of carbonyl (C=O) groups is 1. The van der Waals surface area contributed by atoms with Gasteiger partial charge < -0.3 is 10.1 Å². The van der Waals surface area contributed by atoms with Crippen molar-refractivity contribution in [1.82, 2.24) is 5.32 Å². The Morgan fingerprint density at radius 3 is 2.75 bits per heavy atom. The van der Waals surface area contributed by atoms with Crippen molar-refractivity contribution in [3.05, 3.63) is 29.3 Å². The van der Waals surface area contributed by atoms with Crippen LogP contribution < -0.4 is 10.1 Å². The lowest BCUT2D eigenvalue weighted by Gasteiger charge is -2.20. The summed E-state index contributed by atoms with van der Waals surface area (Å²) in [6, 6.07) is 6.69. The SMILES string of the molecule is CCC(Oc1ccc2c(c1)CCCC2)C(=O)NC1CC1. The molecule has 0 bridgehead atoms. The molecule has 0 saturated heterocycles. The number of hydrogen-bond acceptors (Lipinski definition) is 2. The first-order valence-electron chi connectivity index (χ1n) is 7.85. The summed E-state index contributed by atoms with van der Waals surface area (Å²) in [5, 5.41) is 3.02. The zero-order valence-electron chi connectivity index (χ0n) is 12.2. The third kappa shape index (κ3) is 3.14. The predicted molar refractivity (Wildman–Crippen MR) is 79.0 cm³/mol. The highest BCUT2D eigenvalue weighted by Gasteiger charge is 2.27. The smallest absolute Gasteiger partial charge is 0.261 e. The highest BCUT2D eigenvalue weighted by atomic mass is 16.5. The van der Waals surface area contributed by atoms with E-state index in [-0.39, 0.29) is 12.0 Å². The van der Waals surface area contributed by atoms with Crippen molar-refractivity contribution in [3.63, 3.8) is 0 Å². The fourth-order valence-electron chi connectivity index (χ4n) is 2.79. The van der Waals surface area contributed by atoms with Crippen LogP contribution in [-0.4, -0.2) is 18.1 Å². The number of hydrogen-bond donors (Lipinski definition) is 1. The molecule has 0 aromatic heterocycles. The Labute approximate surface area is 120 Å². The van der Waals surface area contributed by atoms with Gasteiger partial charge >= 0.3 is 0 Å². The summed E-state index contributed by atoms with van der Waals surface area (Å²) in [7, 11) is 0. The maximum absolute atomic E-state index is 12.1. The van der Waals surface area contributed by atoms with Crippen LogP contribution >= 0.6 is 0 Å². The van der Waals surface area contributed by atoms with Crippen LogP contribution in [0.2, 0.25) is 0 Å². The van der Waals surface area contributed by atoms with Gasteiger partial charge in [0.2, 0.25) is 0 Å². The lowest BCUT2D eigenvalue weighted by molar-refractivity contribution is -0.128. The molecule has 1 N–H and O–H groups in total. The summed E-state index contributed by atoms with van der Waals surface area (Å²) in [4.78, 5) is 12.1. The zero-order valence-corrected chi connectivity index (χ0v) is 12.2. The molecule has 1 saturated carbocycles. The van der Waals surface area contributed by atoms with Gasteiger partial charge in [0.05, 0.1) is 0 Å². The number of fused-ring (bicyclic) bond motifs is 1. The van der Waals surface area contributed by atoms with E-state index in [0.717, 1.165) is 25.0 Å². The molecule has 108 valence electrons. The Morgan fingerprint density at radius 1 is 1.30 bits per heavy atom. The molecule has 1 unspecified atom stereocenters. The van der Waals surface area contributed by atoms with E-state index in [1.807, 2.05) is 13.0 Å². The number of benzene rings is 1. The van der Waals surface area contributed by atoms with Crippen molar-refractivity contribution in [1.29, 1.82) is 0 Å². The second kappa shape index (κ2) is 5.86. The van der Waals surface area contributed by atoms with Gasteiger partial charge in [0, 0.05) is 6.04 Å². The Balaban J connectivity index is 1.66. The molecule has 1 aromatic rings. The topological polar surface area (TPSA) is 38.3 Å². The molecule has 0 aliphatic heterocycles. The standard InChI is InChI=1S/C17H23NO2/c1-2-16(17(19)18-14-8-9-14)20-15-10-7-12-5-3-4-6-13(12)11-15/h7,10-11,14,16H,2-6,8-9H2,1H3,(H,18,19). The molecule has 1 fully saturated rings. The van der Waals surface area contributed by atoms with Crippen molar-refractivity contribution in [3.8, 4) is 5.75 Å². The quantitative estimate of drug-likeness (QED) is 0.895. The van der Waals surface area contributed by atoms with Crippen LogP contribution in [0.1, 0.15) is 50.2 Å². The fraction of sp³-hybridized carbons (Fsp3) is 0.588. The van der Waals surface area contributed by atoms with Gasteiger partial charge in [0.15, 0.2) is 6.10 Å². The summed E-state index contributed by atoms with van der Waals surface area (Å²) in [5.41, 5.74) is 2.84. The summed E-state index contributed by atoms with van der Waals surface area (Å²) >= 11 is 0. The van der Waals surface area contributed by atoms with E-state index in [0.29, 0.717) is 12.5 Å². The second-order valence-electron chi connectivity index (χ2n) is 5.94. The first-order valence-corrected chi connectivity index (χ1v) is 7.85. The Morgan fingerprint density at radius 2 is 2.05 bits per heavy atom. The van der Waals surface area contributed by atoms with Gasteiger partial charge in [-0.05, 0) is 68.2 Å². The van der Waals surface area contributed by atoms with E-state index < -0.39 is 0 Å². The van der Waals surface area contributed by atoms with E-state index in [4.69, 9.17) is 4.74 Å². The minimum absolute atomic E-state index is 0.0349. The highest BCUT2D eigenvalue weighted by molar-refractivity contribution is 5.81. The van der Waals surface area contributed by atoms with Gasteiger partial charge in [-0.2, -0.15) is 0 Å². The number of ether oxygens (including phenoxy) is 1. The number of nitrogens with one attached hydrogen (secondary N) is 1. The first-order chi connectivity index (χ1) is 9.76. The largest absolute Gasteiger partial charge is 0.481 e. The van der Waals surface area contributed by atoms with E-state index in [2.05, 4.69) is 17.4 Å². The van der Waals surface area contributed by atoms with Gasteiger partial charge in [0.25, 0.3) is 5.91 Å². The predicted octanol–water partition coefficient (Wildman–Crippen LogP) is 3.00. The summed E-state index contributed by atoms with van der Waals surface area (Å²) in [6.07, 6.45) is 7.42. The maximum Gasteiger partial charge on any atom is 0.261 e. The second-order valence-corrected chi connectivity index (χ2v) is 5.94. The van der Waals surface area contributed by atoms with Crippen molar-refractivity contribution >= 4 is 5.91 Å². The molecular formula is C17H23NO2. The molecule has 3 heteroatoms. The van der Waals surface area contributed by atoms with Crippen LogP contribution in [0.5, 0.6) is 5.75 Å². The summed E-state index contributed by atoms with van der Waals surface area (Å²) < 4.78 is 5.91. The van der Waals surface area contributed by atoms with Crippen LogP contribution in [0.25, 0.3) is 0 Å². The minimum Gasteiger partial charge on any atom is -0.481 e. The van der Waals surface area contributed by atoms with E-state index in [1.54, 1.807) is 0 Å². The maximum atomic E-state index is 12.1. The minimum atomic E-state index is -0.364. The molecule has 1 amide bonds. The number of rotatable bonds is 5. The van der Waals surface area contributed by atoms with Crippen molar-refractivity contribution in [2.45, 2.75) is 64.0 Å². The van der Waals surface area contributed by atoms with E-state index in [1.165, 1.54) is 30.4 Å². The van der Waals surface area contributed by atoms with Gasteiger partial charge in [0.1, 0.15) is 5.75 Å². The fourth-order valence-corrected chi connectivity index (χ4v) is 2.79. The average Bonchev–Trinajstić information content (AvgIpc) is 3.28. The first kappa shape index (κ1) is 13.5. The van der Waals surface area contributed by atoms with Crippen LogP contribution in [0.3, 0.4) is 0 Å². The lowest BCUT2D eigenvalue weighted by atomic mass is 9.92. The van der Waals surface area contributed by atoms with E-state index in [9.17, 15) is 4.79 Å². The van der Waals surface area contributed by atoms with Crippen molar-refractivity contribution in [2.75, 3.05) is 0 Å². The van der Waals surface area contributed by atoms with Crippen LogP contribution in [0, 0.1) is 0 Å². The van der Waals surface area contributed by atoms with E-state index >= 15 is 0 Å². The van der Waals surface area contributed by atoms with Crippen molar-refractivity contribution < 1.29 is 9.53 Å². The molecular weight excluding hydrogens is 250 g/mol. The van der Waals surface area contributed by atoms with Gasteiger partial charge in [-0.25, -0.2) is 0 Å². The third-order valence-electron chi connectivity index (χ3n) is 4.19. The molecule has 0 heterocycles. The average molecular weight is 273 g/mol. The van der Waals surface area contributed by atoms with Crippen molar-refractivity contribution in [2.24, 2.45) is 0 Å². The Bertz CT molecular complexity index is 494. The molecule has 1 atom stereocenters. The molecule has 0 spiro atoms. The van der Waals surface area contributed by atoms with Gasteiger partial charge in [-0.1, -0.05) is 13.0 Å². The highest BCUT2D eigenvalue weighted by Crippen LogP contribution is 2.26. The molecule has 1 aromatic carbocycles. The molecule has 3 rings (SSSR count). The molecule has 2 aliphatic rings. The summed E-state index contributed by atoms with van der Waals surface area (Å²) in [6.45, 7) is 2.00. The van der Waals surface area contributed by atoms with Crippen LogP contribution in [0.15, 0.2) is 18.2 Å². The number of amides is 1. The molecule has 0 radical (unpaired) electrons. The number of carbonyl (C=O) groups excluding carboxylic acids is 1. The Hall–Kier alpha value is -1.51. The molecule has 2 aliphatic carbocycles.